The van der Waals surface area contributed by atoms with Crippen molar-refractivity contribution >= 4 is 34.3 Å². The van der Waals surface area contributed by atoms with Crippen molar-refractivity contribution in [1.29, 1.82) is 0 Å². The van der Waals surface area contributed by atoms with E-state index in [1.54, 1.807) is 17.8 Å². The lowest BCUT2D eigenvalue weighted by Crippen LogP contribution is -2.56. The summed E-state index contributed by atoms with van der Waals surface area (Å²) < 4.78 is 0.0885. The van der Waals surface area contributed by atoms with Crippen LogP contribution >= 0.6 is 11.8 Å². The summed E-state index contributed by atoms with van der Waals surface area (Å²) in [5.41, 5.74) is 7.56. The van der Waals surface area contributed by atoms with Gasteiger partial charge in [0.1, 0.15) is 0 Å². The third-order valence-corrected chi connectivity index (χ3v) is 4.76. The molecule has 1 fully saturated rings. The fourth-order valence-corrected chi connectivity index (χ4v) is 3.70. The van der Waals surface area contributed by atoms with Gasteiger partial charge in [-0.3, -0.25) is 0 Å². The molecule has 122 valence electrons. The first-order valence-electron chi connectivity index (χ1n) is 7.60. The number of carboxylic acid groups (broad SMARTS) is 1. The molecule has 0 amide bonds. The summed E-state index contributed by atoms with van der Waals surface area (Å²) >= 11 is 1.74. The molecule has 1 saturated heterocycles. The van der Waals surface area contributed by atoms with Crippen LogP contribution in [0.2, 0.25) is 0 Å². The summed E-state index contributed by atoms with van der Waals surface area (Å²) in [5.74, 6) is -1.01. The van der Waals surface area contributed by atoms with Crippen LogP contribution in [-0.4, -0.2) is 39.9 Å². The molecule has 6 heteroatoms. The maximum Gasteiger partial charge on any atom is 0.354 e. The van der Waals surface area contributed by atoms with Crippen molar-refractivity contribution < 1.29 is 9.90 Å². The van der Waals surface area contributed by atoms with Gasteiger partial charge in [0.2, 0.25) is 0 Å². The SMILES string of the molecule is CC(C)(C)Sc1ccc2c(N3CC(N)C3)cc(C(=O)O)nc2c1. The van der Waals surface area contributed by atoms with Crippen molar-refractivity contribution in [3.63, 3.8) is 0 Å². The van der Waals surface area contributed by atoms with E-state index < -0.39 is 5.97 Å². The normalized spacial score (nSPS) is 15.7. The lowest BCUT2D eigenvalue weighted by atomic mass is 10.1. The van der Waals surface area contributed by atoms with E-state index in [2.05, 4.69) is 36.7 Å². The summed E-state index contributed by atoms with van der Waals surface area (Å²) in [6.07, 6.45) is 0. The molecule has 0 unspecified atom stereocenters. The average Bonchev–Trinajstić information content (AvgIpc) is 2.40. The third-order valence-electron chi connectivity index (χ3n) is 3.65. The molecule has 2 heterocycles. The van der Waals surface area contributed by atoms with Crippen LogP contribution in [0.5, 0.6) is 0 Å². The second-order valence-electron chi connectivity index (χ2n) is 6.89. The lowest BCUT2D eigenvalue weighted by Gasteiger charge is -2.39. The molecule has 0 bridgehead atoms. The molecule has 1 aliphatic rings. The van der Waals surface area contributed by atoms with Gasteiger partial charge in [-0.15, -0.1) is 11.8 Å². The number of hydrogen-bond acceptors (Lipinski definition) is 5. The van der Waals surface area contributed by atoms with Crippen molar-refractivity contribution in [3.8, 4) is 0 Å². The Hall–Kier alpha value is -1.79. The summed E-state index contributed by atoms with van der Waals surface area (Å²) in [4.78, 5) is 18.9. The van der Waals surface area contributed by atoms with Gasteiger partial charge < -0.3 is 15.7 Å². The second-order valence-corrected chi connectivity index (χ2v) is 8.79. The van der Waals surface area contributed by atoms with Gasteiger partial charge in [-0.1, -0.05) is 20.8 Å². The second kappa shape index (κ2) is 5.69. The maximum absolute atomic E-state index is 11.4. The number of fused-ring (bicyclic) bond motifs is 1. The van der Waals surface area contributed by atoms with E-state index in [-0.39, 0.29) is 16.5 Å². The highest BCUT2D eigenvalue weighted by Crippen LogP contribution is 2.36. The lowest BCUT2D eigenvalue weighted by molar-refractivity contribution is 0.0691. The number of benzene rings is 1. The van der Waals surface area contributed by atoms with Crippen LogP contribution < -0.4 is 10.6 Å². The molecule has 1 aromatic heterocycles. The van der Waals surface area contributed by atoms with Crippen LogP contribution in [0, 0.1) is 0 Å². The third kappa shape index (κ3) is 3.43. The standard InChI is InChI=1S/C17H21N3O2S/c1-17(2,3)23-11-4-5-12-13(6-11)19-14(16(21)22)7-15(12)20-8-10(18)9-20/h4-7,10H,8-9,18H2,1-3H3,(H,21,22). The molecular formula is C17H21N3O2S. The summed E-state index contributed by atoms with van der Waals surface area (Å²) in [5, 5.41) is 10.3. The molecule has 23 heavy (non-hydrogen) atoms. The van der Waals surface area contributed by atoms with Gasteiger partial charge in [-0.25, -0.2) is 9.78 Å². The zero-order valence-electron chi connectivity index (χ0n) is 13.5. The van der Waals surface area contributed by atoms with E-state index in [9.17, 15) is 9.90 Å². The Labute approximate surface area is 139 Å². The van der Waals surface area contributed by atoms with Gasteiger partial charge in [0.25, 0.3) is 0 Å². The van der Waals surface area contributed by atoms with E-state index in [1.165, 1.54) is 0 Å². The summed E-state index contributed by atoms with van der Waals surface area (Å²) in [6, 6.07) is 7.88. The van der Waals surface area contributed by atoms with Crippen LogP contribution in [0.4, 0.5) is 5.69 Å². The van der Waals surface area contributed by atoms with E-state index >= 15 is 0 Å². The van der Waals surface area contributed by atoms with Crippen LogP contribution in [0.3, 0.4) is 0 Å². The minimum absolute atomic E-state index is 0.0749. The van der Waals surface area contributed by atoms with Crippen molar-refractivity contribution in [2.45, 2.75) is 36.5 Å². The van der Waals surface area contributed by atoms with E-state index in [4.69, 9.17) is 5.73 Å². The van der Waals surface area contributed by atoms with E-state index in [0.29, 0.717) is 0 Å². The predicted molar refractivity (Wildman–Crippen MR) is 94.5 cm³/mol. The Balaban J connectivity index is 2.09. The van der Waals surface area contributed by atoms with Gasteiger partial charge in [0.05, 0.1) is 5.52 Å². The highest BCUT2D eigenvalue weighted by molar-refractivity contribution is 8.00. The molecule has 0 radical (unpaired) electrons. The number of nitrogens with zero attached hydrogens (tertiary/aromatic N) is 2. The van der Waals surface area contributed by atoms with Crippen molar-refractivity contribution in [3.05, 3.63) is 30.0 Å². The van der Waals surface area contributed by atoms with Crippen molar-refractivity contribution in [2.24, 2.45) is 5.73 Å². The van der Waals surface area contributed by atoms with Crippen LogP contribution in [-0.2, 0) is 0 Å². The topological polar surface area (TPSA) is 79.5 Å². The smallest absolute Gasteiger partial charge is 0.354 e. The Morgan fingerprint density at radius 2 is 2.04 bits per heavy atom. The van der Waals surface area contributed by atoms with Crippen molar-refractivity contribution in [2.75, 3.05) is 18.0 Å². The van der Waals surface area contributed by atoms with E-state index in [1.807, 2.05) is 12.1 Å². The fourth-order valence-electron chi connectivity index (χ4n) is 2.69. The number of nitrogens with two attached hydrogens (primary N) is 1. The molecule has 0 atom stereocenters. The quantitative estimate of drug-likeness (QED) is 0.842. The molecule has 2 aromatic rings. The van der Waals surface area contributed by atoms with E-state index in [0.717, 1.165) is 34.6 Å². The minimum Gasteiger partial charge on any atom is -0.477 e. The molecule has 0 spiro atoms. The van der Waals surface area contributed by atoms with Gasteiger partial charge in [-0.05, 0) is 24.3 Å². The molecule has 0 saturated carbocycles. The maximum atomic E-state index is 11.4. The number of aromatic carboxylic acids is 1. The van der Waals surface area contributed by atoms with Gasteiger partial charge in [-0.2, -0.15) is 0 Å². The number of carbonyl (C=O) groups is 1. The minimum atomic E-state index is -1.01. The predicted octanol–water partition coefficient (Wildman–Crippen LogP) is 2.97. The Morgan fingerprint density at radius 3 is 2.61 bits per heavy atom. The largest absolute Gasteiger partial charge is 0.477 e. The van der Waals surface area contributed by atoms with Gasteiger partial charge >= 0.3 is 5.97 Å². The zero-order valence-corrected chi connectivity index (χ0v) is 14.4. The molecule has 3 rings (SSSR count). The first kappa shape index (κ1) is 16.1. The molecule has 5 nitrogen and oxygen atoms in total. The number of anilines is 1. The Bertz CT molecular complexity index is 764. The molecule has 1 aliphatic heterocycles. The number of rotatable bonds is 3. The number of carboxylic acids is 1. The van der Waals surface area contributed by atoms with Crippen LogP contribution in [0.15, 0.2) is 29.2 Å². The van der Waals surface area contributed by atoms with Crippen LogP contribution in [0.25, 0.3) is 10.9 Å². The number of hydrogen-bond donors (Lipinski definition) is 2. The Morgan fingerprint density at radius 1 is 1.35 bits per heavy atom. The highest BCUT2D eigenvalue weighted by Gasteiger charge is 2.26. The monoisotopic (exact) mass is 331 g/mol. The molecular weight excluding hydrogens is 310 g/mol. The molecule has 0 aliphatic carbocycles. The molecule has 1 aromatic carbocycles. The first-order chi connectivity index (χ1) is 10.7. The fraction of sp³-hybridized carbons (Fsp3) is 0.412. The highest BCUT2D eigenvalue weighted by atomic mass is 32.2. The van der Waals surface area contributed by atoms with Gasteiger partial charge in [0.15, 0.2) is 5.69 Å². The average molecular weight is 331 g/mol. The number of aromatic nitrogens is 1. The Kier molecular flexibility index (Phi) is 3.98. The number of pyridine rings is 1. The summed E-state index contributed by atoms with van der Waals surface area (Å²) in [6.45, 7) is 7.94. The summed E-state index contributed by atoms with van der Waals surface area (Å²) in [7, 11) is 0. The van der Waals surface area contributed by atoms with Crippen molar-refractivity contribution in [1.82, 2.24) is 4.98 Å². The zero-order chi connectivity index (χ0) is 16.8. The number of thioether (sulfide) groups is 1. The molecule has 3 N–H and O–H groups in total. The van der Waals surface area contributed by atoms with Crippen LogP contribution in [0.1, 0.15) is 31.3 Å². The first-order valence-corrected chi connectivity index (χ1v) is 8.42. The van der Waals surface area contributed by atoms with Gasteiger partial charge in [0, 0.05) is 39.8 Å².